The number of hydrogen-bond acceptors (Lipinski definition) is 4. The number of rotatable bonds is 3. The van der Waals surface area contributed by atoms with Crippen molar-refractivity contribution < 1.29 is 19.1 Å². The van der Waals surface area contributed by atoms with Gasteiger partial charge in [0, 0.05) is 12.1 Å². The number of ether oxygens (including phenoxy) is 1. The van der Waals surface area contributed by atoms with Gasteiger partial charge in [0.15, 0.2) is 0 Å². The largest absolute Gasteiger partial charge is 0.465 e. The Bertz CT molecular complexity index is 510. The molecule has 2 rings (SSSR count). The molecule has 100 valence electrons. The van der Waals surface area contributed by atoms with Gasteiger partial charge in [0.2, 0.25) is 11.8 Å². The molecule has 0 bridgehead atoms. The van der Waals surface area contributed by atoms with Gasteiger partial charge in [0.1, 0.15) is 6.04 Å². The highest BCUT2D eigenvalue weighted by Gasteiger charge is 2.27. The third kappa shape index (κ3) is 3.09. The fourth-order valence-corrected chi connectivity index (χ4v) is 1.85. The van der Waals surface area contributed by atoms with Crippen molar-refractivity contribution in [1.82, 2.24) is 5.32 Å². The van der Waals surface area contributed by atoms with Gasteiger partial charge >= 0.3 is 5.97 Å². The molecule has 1 fully saturated rings. The lowest BCUT2D eigenvalue weighted by Crippen LogP contribution is -2.37. The van der Waals surface area contributed by atoms with Crippen molar-refractivity contribution in [2.45, 2.75) is 18.9 Å². The molecule has 1 heterocycles. The molecule has 0 aliphatic carbocycles. The maximum Gasteiger partial charge on any atom is 0.337 e. The maximum absolute atomic E-state index is 11.8. The summed E-state index contributed by atoms with van der Waals surface area (Å²) < 4.78 is 4.58. The van der Waals surface area contributed by atoms with E-state index in [1.165, 1.54) is 7.11 Å². The van der Waals surface area contributed by atoms with E-state index in [-0.39, 0.29) is 11.8 Å². The van der Waals surface area contributed by atoms with Crippen LogP contribution in [0.2, 0.25) is 0 Å². The van der Waals surface area contributed by atoms with E-state index in [4.69, 9.17) is 0 Å². The second kappa shape index (κ2) is 5.51. The minimum atomic E-state index is -0.479. The number of anilines is 1. The van der Waals surface area contributed by atoms with Crippen LogP contribution in [-0.2, 0) is 14.3 Å². The van der Waals surface area contributed by atoms with Crippen molar-refractivity contribution in [2.75, 3.05) is 12.4 Å². The Morgan fingerprint density at radius 3 is 2.53 bits per heavy atom. The molecule has 6 heteroatoms. The third-order valence-electron chi connectivity index (χ3n) is 2.89. The Balaban J connectivity index is 1.97. The summed E-state index contributed by atoms with van der Waals surface area (Å²) in [6.07, 6.45) is 0.879. The summed E-state index contributed by atoms with van der Waals surface area (Å²) in [6, 6.07) is 5.87. The molecule has 1 aliphatic heterocycles. The molecule has 0 spiro atoms. The van der Waals surface area contributed by atoms with Crippen LogP contribution in [0.5, 0.6) is 0 Å². The SMILES string of the molecule is COC(=O)c1ccc(NC(=O)C2CCC(=O)N2)cc1. The molecule has 6 nitrogen and oxygen atoms in total. The van der Waals surface area contributed by atoms with E-state index in [1.807, 2.05) is 0 Å². The zero-order valence-corrected chi connectivity index (χ0v) is 10.4. The lowest BCUT2D eigenvalue weighted by Gasteiger charge is -2.11. The summed E-state index contributed by atoms with van der Waals surface area (Å²) in [6.45, 7) is 0. The first-order valence-electron chi connectivity index (χ1n) is 5.89. The smallest absolute Gasteiger partial charge is 0.337 e. The molecule has 1 aliphatic rings. The monoisotopic (exact) mass is 262 g/mol. The fourth-order valence-electron chi connectivity index (χ4n) is 1.85. The van der Waals surface area contributed by atoms with Crippen molar-refractivity contribution >= 4 is 23.5 Å². The summed E-state index contributed by atoms with van der Waals surface area (Å²) in [5.74, 6) is -0.793. The number of amides is 2. The molecule has 19 heavy (non-hydrogen) atoms. The molecule has 1 aromatic rings. The van der Waals surface area contributed by atoms with Gasteiger partial charge in [-0.05, 0) is 30.7 Å². The second-order valence-electron chi connectivity index (χ2n) is 4.22. The Kier molecular flexibility index (Phi) is 3.79. The highest BCUT2D eigenvalue weighted by molar-refractivity contribution is 5.99. The fraction of sp³-hybridized carbons (Fsp3) is 0.308. The summed E-state index contributed by atoms with van der Waals surface area (Å²) >= 11 is 0. The van der Waals surface area contributed by atoms with E-state index in [9.17, 15) is 14.4 Å². The Labute approximate surface area is 110 Å². The Hall–Kier alpha value is -2.37. The van der Waals surface area contributed by atoms with Gasteiger partial charge in [-0.1, -0.05) is 0 Å². The van der Waals surface area contributed by atoms with Gasteiger partial charge in [-0.25, -0.2) is 4.79 Å². The van der Waals surface area contributed by atoms with Gasteiger partial charge in [0.05, 0.1) is 12.7 Å². The van der Waals surface area contributed by atoms with Crippen LogP contribution in [0, 0.1) is 0 Å². The van der Waals surface area contributed by atoms with Crippen LogP contribution in [0.1, 0.15) is 23.2 Å². The summed E-state index contributed by atoms with van der Waals surface area (Å²) in [7, 11) is 1.31. The summed E-state index contributed by atoms with van der Waals surface area (Å²) in [4.78, 5) is 34.1. The number of carbonyl (C=O) groups excluding carboxylic acids is 3. The van der Waals surface area contributed by atoms with Gasteiger partial charge < -0.3 is 15.4 Å². The summed E-state index contributed by atoms with van der Waals surface area (Å²) in [5, 5.41) is 5.27. The van der Waals surface area contributed by atoms with Crippen LogP contribution in [-0.4, -0.2) is 30.9 Å². The Morgan fingerprint density at radius 1 is 1.32 bits per heavy atom. The average molecular weight is 262 g/mol. The van der Waals surface area contributed by atoms with Gasteiger partial charge in [-0.2, -0.15) is 0 Å². The number of hydrogen-bond donors (Lipinski definition) is 2. The highest BCUT2D eigenvalue weighted by atomic mass is 16.5. The van der Waals surface area contributed by atoms with Crippen LogP contribution in [0.15, 0.2) is 24.3 Å². The van der Waals surface area contributed by atoms with E-state index in [0.717, 1.165) is 0 Å². The van der Waals surface area contributed by atoms with Crippen molar-refractivity contribution in [3.8, 4) is 0 Å². The number of esters is 1. The van der Waals surface area contributed by atoms with Crippen molar-refractivity contribution in [3.63, 3.8) is 0 Å². The second-order valence-corrected chi connectivity index (χ2v) is 4.22. The van der Waals surface area contributed by atoms with Crippen LogP contribution >= 0.6 is 0 Å². The van der Waals surface area contributed by atoms with Gasteiger partial charge in [-0.3, -0.25) is 9.59 Å². The standard InChI is InChI=1S/C13H14N2O4/c1-19-13(18)8-2-4-9(5-3-8)14-12(17)10-6-7-11(16)15-10/h2-5,10H,6-7H2,1H3,(H,14,17)(H,15,16). The van der Waals surface area contributed by atoms with Gasteiger partial charge in [-0.15, -0.1) is 0 Å². The predicted molar refractivity (Wildman–Crippen MR) is 67.6 cm³/mol. The maximum atomic E-state index is 11.8. The van der Waals surface area contributed by atoms with E-state index in [0.29, 0.717) is 24.1 Å². The molecule has 2 N–H and O–H groups in total. The average Bonchev–Trinajstić information content (AvgIpc) is 2.85. The van der Waals surface area contributed by atoms with Crippen LogP contribution in [0.4, 0.5) is 5.69 Å². The van der Waals surface area contributed by atoms with E-state index in [2.05, 4.69) is 15.4 Å². The third-order valence-corrected chi connectivity index (χ3v) is 2.89. The molecule has 1 atom stereocenters. The lowest BCUT2D eigenvalue weighted by molar-refractivity contribution is -0.122. The number of nitrogens with one attached hydrogen (secondary N) is 2. The Morgan fingerprint density at radius 2 is 2.00 bits per heavy atom. The molecule has 0 radical (unpaired) electrons. The molecule has 2 amide bonds. The predicted octanol–water partition coefficient (Wildman–Crippen LogP) is 0.690. The molecular formula is C13H14N2O4. The zero-order valence-electron chi connectivity index (χ0n) is 10.4. The quantitative estimate of drug-likeness (QED) is 0.785. The van der Waals surface area contributed by atoms with Crippen LogP contribution < -0.4 is 10.6 Å². The topological polar surface area (TPSA) is 84.5 Å². The van der Waals surface area contributed by atoms with Gasteiger partial charge in [0.25, 0.3) is 0 Å². The van der Waals surface area contributed by atoms with E-state index >= 15 is 0 Å². The molecule has 0 saturated carbocycles. The minimum Gasteiger partial charge on any atom is -0.465 e. The van der Waals surface area contributed by atoms with Crippen molar-refractivity contribution in [2.24, 2.45) is 0 Å². The van der Waals surface area contributed by atoms with Crippen LogP contribution in [0.3, 0.4) is 0 Å². The first-order chi connectivity index (χ1) is 9.10. The minimum absolute atomic E-state index is 0.110. The highest BCUT2D eigenvalue weighted by Crippen LogP contribution is 2.13. The number of carbonyl (C=O) groups is 3. The van der Waals surface area contributed by atoms with Crippen LogP contribution in [0.25, 0.3) is 0 Å². The number of benzene rings is 1. The normalized spacial score (nSPS) is 17.7. The molecule has 1 saturated heterocycles. The lowest BCUT2D eigenvalue weighted by atomic mass is 10.2. The molecule has 0 aromatic heterocycles. The van der Waals surface area contributed by atoms with Crippen molar-refractivity contribution in [3.05, 3.63) is 29.8 Å². The molecule has 1 aromatic carbocycles. The first kappa shape index (κ1) is 13.1. The van der Waals surface area contributed by atoms with E-state index < -0.39 is 12.0 Å². The molecule has 1 unspecified atom stereocenters. The van der Waals surface area contributed by atoms with E-state index in [1.54, 1.807) is 24.3 Å². The first-order valence-corrected chi connectivity index (χ1v) is 5.89. The summed E-state index contributed by atoms with van der Waals surface area (Å²) in [5.41, 5.74) is 0.980. The zero-order chi connectivity index (χ0) is 13.8. The number of methoxy groups -OCH3 is 1. The molecular weight excluding hydrogens is 248 g/mol. The van der Waals surface area contributed by atoms with Crippen molar-refractivity contribution in [1.29, 1.82) is 0 Å².